The summed E-state index contributed by atoms with van der Waals surface area (Å²) in [5.41, 5.74) is 1.74. The molecule has 1 fully saturated rings. The Labute approximate surface area is 167 Å². The molecular weight excluding hydrogens is 352 g/mol. The zero-order chi connectivity index (χ0) is 20.3. The van der Waals surface area contributed by atoms with Crippen LogP contribution in [0.1, 0.15) is 45.9 Å². The van der Waals surface area contributed by atoms with Crippen molar-refractivity contribution in [2.45, 2.75) is 53.5 Å². The van der Waals surface area contributed by atoms with Gasteiger partial charge in [-0.05, 0) is 38.3 Å². The second kappa shape index (κ2) is 8.33. The topological polar surface area (TPSA) is 67.2 Å². The molecule has 3 rings (SSSR count). The number of hydrogen-bond donors (Lipinski definition) is 1. The SMILES string of the molecule is Cc1nc2ccccc2n1CCCNC(=O)C1CCCN(C(=O)C(C)(C)C)C1. The lowest BCUT2D eigenvalue weighted by atomic mass is 9.91. The molecular formula is C22H32N4O2. The van der Waals surface area contributed by atoms with E-state index in [1.807, 2.05) is 50.8 Å². The van der Waals surface area contributed by atoms with Crippen molar-refractivity contribution in [1.82, 2.24) is 19.8 Å². The van der Waals surface area contributed by atoms with Crippen molar-refractivity contribution >= 4 is 22.8 Å². The quantitative estimate of drug-likeness (QED) is 0.806. The fraction of sp³-hybridized carbons (Fsp3) is 0.591. The second-order valence-corrected chi connectivity index (χ2v) is 8.78. The zero-order valence-electron chi connectivity index (χ0n) is 17.5. The number of likely N-dealkylation sites (tertiary alicyclic amines) is 1. The molecule has 0 aliphatic carbocycles. The number of hydrogen-bond acceptors (Lipinski definition) is 3. The van der Waals surface area contributed by atoms with Gasteiger partial charge in [-0.15, -0.1) is 0 Å². The smallest absolute Gasteiger partial charge is 0.227 e. The maximum Gasteiger partial charge on any atom is 0.227 e. The van der Waals surface area contributed by atoms with Crippen LogP contribution in [0, 0.1) is 18.3 Å². The molecule has 6 heteroatoms. The standard InChI is InChI=1S/C22H32N4O2/c1-16-24-18-10-5-6-11-19(18)26(16)14-8-12-23-20(27)17-9-7-13-25(15-17)21(28)22(2,3)4/h5-6,10-11,17H,7-9,12-15H2,1-4H3,(H,23,27). The molecule has 1 aromatic carbocycles. The lowest BCUT2D eigenvalue weighted by Crippen LogP contribution is -2.48. The Morgan fingerprint density at radius 1 is 1.25 bits per heavy atom. The van der Waals surface area contributed by atoms with E-state index in [1.165, 1.54) is 0 Å². The summed E-state index contributed by atoms with van der Waals surface area (Å²) in [4.78, 5) is 31.5. The van der Waals surface area contributed by atoms with Gasteiger partial charge in [0.15, 0.2) is 0 Å². The molecule has 2 amide bonds. The van der Waals surface area contributed by atoms with Crippen molar-refractivity contribution in [2.75, 3.05) is 19.6 Å². The van der Waals surface area contributed by atoms with Crippen LogP contribution in [0.2, 0.25) is 0 Å². The molecule has 28 heavy (non-hydrogen) atoms. The number of rotatable bonds is 5. The number of benzene rings is 1. The molecule has 0 bridgehead atoms. The van der Waals surface area contributed by atoms with Crippen molar-refractivity contribution in [3.8, 4) is 0 Å². The van der Waals surface area contributed by atoms with Gasteiger partial charge in [-0.25, -0.2) is 4.98 Å². The molecule has 0 spiro atoms. The monoisotopic (exact) mass is 384 g/mol. The molecule has 2 aromatic rings. The molecule has 0 radical (unpaired) electrons. The second-order valence-electron chi connectivity index (χ2n) is 8.78. The number of piperidine rings is 1. The zero-order valence-corrected chi connectivity index (χ0v) is 17.5. The Morgan fingerprint density at radius 2 is 2.00 bits per heavy atom. The average molecular weight is 385 g/mol. The van der Waals surface area contributed by atoms with Gasteiger partial charge in [0.25, 0.3) is 0 Å². The summed E-state index contributed by atoms with van der Waals surface area (Å²) in [6.45, 7) is 10.6. The van der Waals surface area contributed by atoms with Gasteiger partial charge in [0, 0.05) is 31.6 Å². The normalized spacial score (nSPS) is 17.7. The van der Waals surface area contributed by atoms with Gasteiger partial charge < -0.3 is 14.8 Å². The molecule has 1 saturated heterocycles. The van der Waals surface area contributed by atoms with Gasteiger partial charge in [0.1, 0.15) is 5.82 Å². The number of para-hydroxylation sites is 2. The van der Waals surface area contributed by atoms with Crippen LogP contribution in [0.4, 0.5) is 0 Å². The number of aryl methyl sites for hydroxylation is 2. The van der Waals surface area contributed by atoms with Crippen LogP contribution in [0.15, 0.2) is 24.3 Å². The fourth-order valence-electron chi connectivity index (χ4n) is 3.92. The van der Waals surface area contributed by atoms with Crippen molar-refractivity contribution < 1.29 is 9.59 Å². The molecule has 1 unspecified atom stereocenters. The van der Waals surface area contributed by atoms with Gasteiger partial charge in [-0.3, -0.25) is 9.59 Å². The largest absolute Gasteiger partial charge is 0.356 e. The van der Waals surface area contributed by atoms with E-state index in [-0.39, 0.29) is 17.7 Å². The number of imidazole rings is 1. The number of carbonyl (C=O) groups excluding carboxylic acids is 2. The summed E-state index contributed by atoms with van der Waals surface area (Å²) >= 11 is 0. The number of nitrogens with one attached hydrogen (secondary N) is 1. The molecule has 1 aliphatic heterocycles. The summed E-state index contributed by atoms with van der Waals surface area (Å²) in [7, 11) is 0. The Kier molecular flexibility index (Phi) is 6.06. The molecule has 6 nitrogen and oxygen atoms in total. The van der Waals surface area contributed by atoms with Crippen molar-refractivity contribution in [3.05, 3.63) is 30.1 Å². The van der Waals surface area contributed by atoms with E-state index in [0.29, 0.717) is 13.1 Å². The van der Waals surface area contributed by atoms with E-state index in [0.717, 1.165) is 49.2 Å². The lowest BCUT2D eigenvalue weighted by Gasteiger charge is -2.35. The van der Waals surface area contributed by atoms with E-state index < -0.39 is 5.41 Å². The van der Waals surface area contributed by atoms with Crippen LogP contribution in [-0.2, 0) is 16.1 Å². The number of nitrogens with zero attached hydrogens (tertiary/aromatic N) is 3. The predicted octanol–water partition coefficient (Wildman–Crippen LogP) is 3.14. The van der Waals surface area contributed by atoms with Crippen LogP contribution in [0.5, 0.6) is 0 Å². The summed E-state index contributed by atoms with van der Waals surface area (Å²) in [5, 5.41) is 3.07. The highest BCUT2D eigenvalue weighted by Gasteiger charge is 2.33. The van der Waals surface area contributed by atoms with E-state index in [9.17, 15) is 9.59 Å². The third-order valence-corrected chi connectivity index (χ3v) is 5.42. The molecule has 1 aromatic heterocycles. The minimum Gasteiger partial charge on any atom is -0.356 e. The number of carbonyl (C=O) groups is 2. The van der Waals surface area contributed by atoms with E-state index in [4.69, 9.17) is 0 Å². The number of fused-ring (bicyclic) bond motifs is 1. The molecule has 152 valence electrons. The molecule has 1 N–H and O–H groups in total. The van der Waals surface area contributed by atoms with Gasteiger partial charge in [-0.2, -0.15) is 0 Å². The Balaban J connectivity index is 1.49. The first-order chi connectivity index (χ1) is 13.3. The van der Waals surface area contributed by atoms with Gasteiger partial charge in [0.05, 0.1) is 17.0 Å². The minimum atomic E-state index is -0.399. The molecule has 0 saturated carbocycles. The maximum atomic E-state index is 12.6. The average Bonchev–Trinajstić information content (AvgIpc) is 2.99. The Bertz CT molecular complexity index is 850. The number of aromatic nitrogens is 2. The molecule has 1 atom stereocenters. The van der Waals surface area contributed by atoms with E-state index >= 15 is 0 Å². The van der Waals surface area contributed by atoms with Crippen LogP contribution in [0.3, 0.4) is 0 Å². The third-order valence-electron chi connectivity index (χ3n) is 5.42. The predicted molar refractivity (Wildman–Crippen MR) is 111 cm³/mol. The third kappa shape index (κ3) is 4.54. The summed E-state index contributed by atoms with van der Waals surface area (Å²) < 4.78 is 2.20. The first kappa shape index (κ1) is 20.4. The summed E-state index contributed by atoms with van der Waals surface area (Å²) in [6.07, 6.45) is 2.59. The van der Waals surface area contributed by atoms with Crippen LogP contribution in [-0.4, -0.2) is 45.9 Å². The van der Waals surface area contributed by atoms with Crippen molar-refractivity contribution in [3.63, 3.8) is 0 Å². The van der Waals surface area contributed by atoms with Gasteiger partial charge >= 0.3 is 0 Å². The highest BCUT2D eigenvalue weighted by Crippen LogP contribution is 2.23. The minimum absolute atomic E-state index is 0.0682. The summed E-state index contributed by atoms with van der Waals surface area (Å²) in [5.74, 6) is 1.10. The number of amides is 2. The van der Waals surface area contributed by atoms with Crippen LogP contribution >= 0.6 is 0 Å². The van der Waals surface area contributed by atoms with Gasteiger partial charge in [-0.1, -0.05) is 32.9 Å². The van der Waals surface area contributed by atoms with E-state index in [2.05, 4.69) is 20.9 Å². The first-order valence-electron chi connectivity index (χ1n) is 10.3. The van der Waals surface area contributed by atoms with E-state index in [1.54, 1.807) is 0 Å². The highest BCUT2D eigenvalue weighted by molar-refractivity contribution is 5.84. The lowest BCUT2D eigenvalue weighted by molar-refractivity contribution is -0.142. The van der Waals surface area contributed by atoms with Crippen LogP contribution < -0.4 is 5.32 Å². The molecule has 2 heterocycles. The van der Waals surface area contributed by atoms with Crippen molar-refractivity contribution in [2.24, 2.45) is 11.3 Å². The summed E-state index contributed by atoms with van der Waals surface area (Å²) in [6, 6.07) is 8.12. The fourth-order valence-corrected chi connectivity index (χ4v) is 3.92. The Hall–Kier alpha value is -2.37. The highest BCUT2D eigenvalue weighted by atomic mass is 16.2. The van der Waals surface area contributed by atoms with Gasteiger partial charge in [0.2, 0.25) is 11.8 Å². The first-order valence-corrected chi connectivity index (χ1v) is 10.3. The molecule has 1 aliphatic rings. The van der Waals surface area contributed by atoms with Crippen molar-refractivity contribution in [1.29, 1.82) is 0 Å². The Morgan fingerprint density at radius 3 is 2.75 bits per heavy atom. The van der Waals surface area contributed by atoms with Crippen LogP contribution in [0.25, 0.3) is 11.0 Å². The maximum absolute atomic E-state index is 12.6.